The van der Waals surface area contributed by atoms with Crippen LogP contribution in [0.25, 0.3) is 0 Å². The molecule has 0 saturated heterocycles. The quantitative estimate of drug-likeness (QED) is 0.611. The number of esters is 1. The highest BCUT2D eigenvalue weighted by Crippen LogP contribution is 2.26. The second-order valence-corrected chi connectivity index (χ2v) is 6.82. The molecule has 0 saturated carbocycles. The number of benzene rings is 2. The molecule has 1 heterocycles. The average molecular weight is 399 g/mol. The maximum atomic E-state index is 13.2. The van der Waals surface area contributed by atoms with Gasteiger partial charge in [0.2, 0.25) is 0 Å². The van der Waals surface area contributed by atoms with E-state index >= 15 is 0 Å². The second kappa shape index (κ2) is 9.14. The Balaban J connectivity index is 1.67. The zero-order chi connectivity index (χ0) is 19.9. The van der Waals surface area contributed by atoms with Crippen molar-refractivity contribution in [3.8, 4) is 5.75 Å². The van der Waals surface area contributed by atoms with Gasteiger partial charge in [-0.3, -0.25) is 4.79 Å². The molecule has 1 atom stereocenters. The van der Waals surface area contributed by atoms with Gasteiger partial charge in [0.1, 0.15) is 17.1 Å². The molecule has 0 aliphatic carbocycles. The van der Waals surface area contributed by atoms with Gasteiger partial charge in [-0.1, -0.05) is 30.3 Å². The largest absolute Gasteiger partial charge is 0.496 e. The Morgan fingerprint density at radius 1 is 1.07 bits per heavy atom. The molecule has 1 N–H and O–H groups in total. The van der Waals surface area contributed by atoms with Gasteiger partial charge in [0, 0.05) is 4.88 Å². The van der Waals surface area contributed by atoms with E-state index in [-0.39, 0.29) is 11.4 Å². The first-order chi connectivity index (χ1) is 13.6. The van der Waals surface area contributed by atoms with E-state index in [2.05, 4.69) is 5.32 Å². The fourth-order valence-corrected chi connectivity index (χ4v) is 3.46. The SMILES string of the molecule is COc1ccccc1C(=O)OCC(=O)N[C@@H](c1ccc(F)cc1)c1cccs1. The van der Waals surface area contributed by atoms with E-state index in [0.717, 1.165) is 10.4 Å². The maximum Gasteiger partial charge on any atom is 0.342 e. The van der Waals surface area contributed by atoms with Gasteiger partial charge in [-0.15, -0.1) is 11.3 Å². The predicted molar refractivity (Wildman–Crippen MR) is 104 cm³/mol. The summed E-state index contributed by atoms with van der Waals surface area (Å²) in [5.41, 5.74) is 0.972. The minimum Gasteiger partial charge on any atom is -0.496 e. The number of hydrogen-bond acceptors (Lipinski definition) is 5. The third kappa shape index (κ3) is 4.75. The molecule has 1 amide bonds. The highest BCUT2D eigenvalue weighted by atomic mass is 32.1. The number of thiophene rings is 1. The fourth-order valence-electron chi connectivity index (χ4n) is 2.65. The summed E-state index contributed by atoms with van der Waals surface area (Å²) in [5.74, 6) is -1.10. The standard InChI is InChI=1S/C21H18FNO4S/c1-26-17-6-3-2-5-16(17)21(25)27-13-19(24)23-20(18-7-4-12-28-18)14-8-10-15(22)11-9-14/h2-12,20H,13H2,1H3,(H,23,24)/t20-/m0/s1. The first-order valence-electron chi connectivity index (χ1n) is 8.47. The summed E-state index contributed by atoms with van der Waals surface area (Å²) in [6.45, 7) is -0.444. The minimum absolute atomic E-state index is 0.242. The molecule has 0 bridgehead atoms. The molecule has 0 aliphatic heterocycles. The Morgan fingerprint density at radius 2 is 1.82 bits per heavy atom. The molecule has 3 rings (SSSR count). The number of rotatable bonds is 7. The van der Waals surface area contributed by atoms with Crippen molar-refractivity contribution >= 4 is 23.2 Å². The van der Waals surface area contributed by atoms with Crippen LogP contribution in [0.15, 0.2) is 66.0 Å². The smallest absolute Gasteiger partial charge is 0.342 e. The number of hydrogen-bond donors (Lipinski definition) is 1. The lowest BCUT2D eigenvalue weighted by molar-refractivity contribution is -0.124. The number of para-hydroxylation sites is 1. The lowest BCUT2D eigenvalue weighted by Crippen LogP contribution is -2.32. The van der Waals surface area contributed by atoms with E-state index in [4.69, 9.17) is 9.47 Å². The van der Waals surface area contributed by atoms with Crippen molar-refractivity contribution < 1.29 is 23.5 Å². The molecule has 5 nitrogen and oxygen atoms in total. The van der Waals surface area contributed by atoms with Crippen molar-refractivity contribution in [3.05, 3.63) is 87.9 Å². The summed E-state index contributed by atoms with van der Waals surface area (Å²) in [6, 6.07) is 15.8. The molecule has 7 heteroatoms. The number of carbonyl (C=O) groups excluding carboxylic acids is 2. The lowest BCUT2D eigenvalue weighted by atomic mass is 10.1. The Bertz CT molecular complexity index is 941. The van der Waals surface area contributed by atoms with Gasteiger partial charge < -0.3 is 14.8 Å². The van der Waals surface area contributed by atoms with E-state index in [0.29, 0.717) is 5.75 Å². The Morgan fingerprint density at radius 3 is 2.50 bits per heavy atom. The van der Waals surface area contributed by atoms with Crippen LogP contribution in [0.4, 0.5) is 4.39 Å². The lowest BCUT2D eigenvalue weighted by Gasteiger charge is -2.18. The van der Waals surface area contributed by atoms with Crippen LogP contribution in [0.5, 0.6) is 5.75 Å². The van der Waals surface area contributed by atoms with E-state index in [9.17, 15) is 14.0 Å². The van der Waals surface area contributed by atoms with E-state index < -0.39 is 24.5 Å². The van der Waals surface area contributed by atoms with Crippen molar-refractivity contribution in [2.24, 2.45) is 0 Å². The summed E-state index contributed by atoms with van der Waals surface area (Å²) in [7, 11) is 1.45. The average Bonchev–Trinajstić information content (AvgIpc) is 3.25. The van der Waals surface area contributed by atoms with Crippen LogP contribution in [-0.4, -0.2) is 25.6 Å². The highest BCUT2D eigenvalue weighted by molar-refractivity contribution is 7.10. The third-order valence-electron chi connectivity index (χ3n) is 4.00. The van der Waals surface area contributed by atoms with E-state index in [1.165, 1.54) is 30.6 Å². The highest BCUT2D eigenvalue weighted by Gasteiger charge is 2.20. The summed E-state index contributed by atoms with van der Waals surface area (Å²) in [5, 5.41) is 4.72. The number of ether oxygens (including phenoxy) is 2. The molecular formula is C21H18FNO4S. The van der Waals surface area contributed by atoms with Crippen molar-refractivity contribution in [1.29, 1.82) is 0 Å². The molecular weight excluding hydrogens is 381 g/mol. The monoisotopic (exact) mass is 399 g/mol. The zero-order valence-electron chi connectivity index (χ0n) is 15.1. The molecule has 0 radical (unpaired) electrons. The summed E-state index contributed by atoms with van der Waals surface area (Å²) < 4.78 is 23.5. The molecule has 144 valence electrons. The van der Waals surface area contributed by atoms with Gasteiger partial charge in [-0.05, 0) is 41.3 Å². The number of methoxy groups -OCH3 is 1. The molecule has 0 spiro atoms. The van der Waals surface area contributed by atoms with Crippen molar-refractivity contribution in [2.45, 2.75) is 6.04 Å². The molecule has 0 unspecified atom stereocenters. The summed E-state index contributed by atoms with van der Waals surface area (Å²) in [6.07, 6.45) is 0. The number of carbonyl (C=O) groups is 2. The van der Waals surface area contributed by atoms with Crippen molar-refractivity contribution in [2.75, 3.05) is 13.7 Å². The first-order valence-corrected chi connectivity index (χ1v) is 9.35. The molecule has 1 aromatic heterocycles. The van der Waals surface area contributed by atoms with Gasteiger partial charge in [0.25, 0.3) is 5.91 Å². The number of amides is 1. The first kappa shape index (κ1) is 19.6. The van der Waals surface area contributed by atoms with Gasteiger partial charge in [-0.2, -0.15) is 0 Å². The van der Waals surface area contributed by atoms with Crippen LogP contribution in [-0.2, 0) is 9.53 Å². The Labute approximate surface area is 165 Å². The van der Waals surface area contributed by atoms with Crippen molar-refractivity contribution in [1.82, 2.24) is 5.32 Å². The van der Waals surface area contributed by atoms with Crippen LogP contribution in [0.3, 0.4) is 0 Å². The molecule has 0 aliphatic rings. The predicted octanol–water partition coefficient (Wildman–Crippen LogP) is 3.96. The Hall–Kier alpha value is -3.19. The normalized spacial score (nSPS) is 11.5. The molecule has 2 aromatic carbocycles. The topological polar surface area (TPSA) is 64.6 Å². The van der Waals surface area contributed by atoms with E-state index in [1.54, 1.807) is 36.4 Å². The number of nitrogens with one attached hydrogen (secondary N) is 1. The van der Waals surface area contributed by atoms with Gasteiger partial charge in [0.15, 0.2) is 6.61 Å². The number of halogens is 1. The van der Waals surface area contributed by atoms with Crippen LogP contribution in [0.1, 0.15) is 26.8 Å². The second-order valence-electron chi connectivity index (χ2n) is 5.84. The van der Waals surface area contributed by atoms with Crippen LogP contribution < -0.4 is 10.1 Å². The Kier molecular flexibility index (Phi) is 6.39. The fraction of sp³-hybridized carbons (Fsp3) is 0.143. The molecule has 3 aromatic rings. The summed E-state index contributed by atoms with van der Waals surface area (Å²) >= 11 is 1.47. The van der Waals surface area contributed by atoms with Crippen molar-refractivity contribution in [3.63, 3.8) is 0 Å². The molecule has 28 heavy (non-hydrogen) atoms. The van der Waals surface area contributed by atoms with Crippen LogP contribution in [0, 0.1) is 5.82 Å². The summed E-state index contributed by atoms with van der Waals surface area (Å²) in [4.78, 5) is 25.5. The van der Waals surface area contributed by atoms with Gasteiger partial charge >= 0.3 is 5.97 Å². The zero-order valence-corrected chi connectivity index (χ0v) is 15.9. The van der Waals surface area contributed by atoms with Crippen LogP contribution >= 0.6 is 11.3 Å². The van der Waals surface area contributed by atoms with E-state index in [1.807, 2.05) is 17.5 Å². The molecule has 0 fully saturated rings. The van der Waals surface area contributed by atoms with Crippen LogP contribution in [0.2, 0.25) is 0 Å². The minimum atomic E-state index is -0.651. The van der Waals surface area contributed by atoms with Gasteiger partial charge in [-0.25, -0.2) is 9.18 Å². The third-order valence-corrected chi connectivity index (χ3v) is 4.93. The maximum absolute atomic E-state index is 13.2. The van der Waals surface area contributed by atoms with Gasteiger partial charge in [0.05, 0.1) is 13.2 Å².